The average Bonchev–Trinajstić information content (AvgIpc) is 3.13. The van der Waals surface area contributed by atoms with E-state index in [4.69, 9.17) is 0 Å². The molecule has 1 aliphatic rings. The van der Waals surface area contributed by atoms with Gasteiger partial charge in [0.1, 0.15) is 5.92 Å². The van der Waals surface area contributed by atoms with Crippen molar-refractivity contribution in [3.8, 4) is 0 Å². The molecular formula is C17H14BrF3N2O3S. The summed E-state index contributed by atoms with van der Waals surface area (Å²) in [5.41, 5.74) is -3.38. The summed E-state index contributed by atoms with van der Waals surface area (Å²) in [6.07, 6.45) is -5.25. The van der Waals surface area contributed by atoms with Crippen LogP contribution in [0.2, 0.25) is 0 Å². The van der Waals surface area contributed by atoms with Gasteiger partial charge >= 0.3 is 12.2 Å². The largest absolute Gasteiger partial charge is 0.437 e. The molecule has 0 spiro atoms. The van der Waals surface area contributed by atoms with Crippen molar-refractivity contribution in [1.82, 2.24) is 10.2 Å². The zero-order chi connectivity index (χ0) is 20.0. The lowest BCUT2D eigenvalue weighted by molar-refractivity contribution is -0.322. The van der Waals surface area contributed by atoms with Crippen molar-refractivity contribution in [1.29, 1.82) is 0 Å². The van der Waals surface area contributed by atoms with Crippen LogP contribution in [-0.4, -0.2) is 40.8 Å². The molecule has 0 aliphatic carbocycles. The lowest BCUT2D eigenvalue weighted by atomic mass is 9.78. The molecule has 3 atom stereocenters. The summed E-state index contributed by atoms with van der Waals surface area (Å²) in [5.74, 6) is -2.88. The SMILES string of the molecule is CN1C(=O)N[C@H](c2ccc(Br)cc2)[C@@H](C(=O)c2cccs2)[C@@]1(O)C(F)(F)F. The summed E-state index contributed by atoms with van der Waals surface area (Å²) in [7, 11) is 0.815. The molecule has 10 heteroatoms. The highest BCUT2D eigenvalue weighted by Gasteiger charge is 2.69. The van der Waals surface area contributed by atoms with Crippen LogP contribution < -0.4 is 5.32 Å². The number of amides is 2. The van der Waals surface area contributed by atoms with Gasteiger partial charge in [-0.1, -0.05) is 34.1 Å². The number of nitrogens with one attached hydrogen (secondary N) is 1. The number of thiophene rings is 1. The molecule has 144 valence electrons. The molecule has 1 saturated heterocycles. The van der Waals surface area contributed by atoms with Gasteiger partial charge in [0.2, 0.25) is 0 Å². The first-order chi connectivity index (χ1) is 12.6. The summed E-state index contributed by atoms with van der Waals surface area (Å²) in [6, 6.07) is 6.58. The lowest BCUT2D eigenvalue weighted by Crippen LogP contribution is -2.72. The van der Waals surface area contributed by atoms with Crippen LogP contribution in [0.15, 0.2) is 46.3 Å². The summed E-state index contributed by atoms with van der Waals surface area (Å²) in [5, 5.41) is 14.6. The highest BCUT2D eigenvalue weighted by molar-refractivity contribution is 9.10. The highest BCUT2D eigenvalue weighted by Crippen LogP contribution is 2.47. The summed E-state index contributed by atoms with van der Waals surface area (Å²) in [6.45, 7) is 0. The molecule has 2 heterocycles. The monoisotopic (exact) mass is 462 g/mol. The maximum atomic E-state index is 13.9. The van der Waals surface area contributed by atoms with Crippen LogP contribution in [0.3, 0.4) is 0 Å². The van der Waals surface area contributed by atoms with Gasteiger partial charge in [0, 0.05) is 11.5 Å². The zero-order valence-electron chi connectivity index (χ0n) is 13.8. The number of halogens is 4. The predicted molar refractivity (Wildman–Crippen MR) is 96.3 cm³/mol. The average molecular weight is 463 g/mol. The van der Waals surface area contributed by atoms with E-state index < -0.39 is 35.7 Å². The fourth-order valence-electron chi connectivity index (χ4n) is 3.13. The van der Waals surface area contributed by atoms with Gasteiger partial charge in [-0.25, -0.2) is 4.79 Å². The van der Waals surface area contributed by atoms with Crippen molar-refractivity contribution in [3.05, 3.63) is 56.7 Å². The first-order valence-corrected chi connectivity index (χ1v) is 9.41. The number of ketones is 1. The minimum Gasteiger partial charge on any atom is -0.363 e. The molecule has 3 rings (SSSR count). The fraction of sp³-hybridized carbons (Fsp3) is 0.294. The van der Waals surface area contributed by atoms with Crippen molar-refractivity contribution in [2.24, 2.45) is 5.92 Å². The van der Waals surface area contributed by atoms with Crippen LogP contribution >= 0.6 is 27.3 Å². The van der Waals surface area contributed by atoms with Gasteiger partial charge in [-0.3, -0.25) is 9.69 Å². The number of rotatable bonds is 3. The molecule has 2 amide bonds. The van der Waals surface area contributed by atoms with Crippen LogP contribution in [0.1, 0.15) is 21.3 Å². The van der Waals surface area contributed by atoms with E-state index in [2.05, 4.69) is 21.2 Å². The van der Waals surface area contributed by atoms with Crippen LogP contribution in [-0.2, 0) is 0 Å². The Kier molecular flexibility index (Phi) is 5.08. The number of alkyl halides is 3. The first kappa shape index (κ1) is 19.8. The number of carbonyl (C=O) groups excluding carboxylic acids is 2. The number of benzene rings is 1. The zero-order valence-corrected chi connectivity index (χ0v) is 16.2. The maximum absolute atomic E-state index is 13.9. The third-order valence-electron chi connectivity index (χ3n) is 4.55. The second-order valence-corrected chi connectivity index (χ2v) is 7.94. The summed E-state index contributed by atoms with van der Waals surface area (Å²) >= 11 is 4.20. The van der Waals surface area contributed by atoms with Gasteiger partial charge in [0.25, 0.3) is 5.72 Å². The van der Waals surface area contributed by atoms with Crippen molar-refractivity contribution < 1.29 is 27.9 Å². The van der Waals surface area contributed by atoms with Gasteiger partial charge in [-0.05, 0) is 29.1 Å². The quantitative estimate of drug-likeness (QED) is 0.678. The van der Waals surface area contributed by atoms with Gasteiger partial charge in [0.05, 0.1) is 10.9 Å². The molecule has 2 aromatic rings. The van der Waals surface area contributed by atoms with E-state index in [1.165, 1.54) is 24.3 Å². The first-order valence-electron chi connectivity index (χ1n) is 7.74. The standard InChI is InChI=1S/C17H14BrF3N2O3S/c1-23-15(25)22-13(9-4-6-10(18)7-5-9)12(16(23,26)17(19,20)21)14(24)11-3-2-8-27-11/h2-8,12-13,26H,1H3,(H,22,25)/t12-,13+,16+/m0/s1. The van der Waals surface area contributed by atoms with Crippen LogP contribution in [0.5, 0.6) is 0 Å². The molecule has 5 nitrogen and oxygen atoms in total. The fourth-order valence-corrected chi connectivity index (χ4v) is 4.10. The number of hydrogen-bond donors (Lipinski definition) is 2. The molecular weight excluding hydrogens is 449 g/mol. The molecule has 2 N–H and O–H groups in total. The highest BCUT2D eigenvalue weighted by atomic mass is 79.9. The van der Waals surface area contributed by atoms with Crippen LogP contribution in [0.4, 0.5) is 18.0 Å². The topological polar surface area (TPSA) is 69.6 Å². The Bertz CT molecular complexity index is 857. The van der Waals surface area contributed by atoms with E-state index in [1.54, 1.807) is 17.5 Å². The number of urea groups is 1. The van der Waals surface area contributed by atoms with Gasteiger partial charge in [-0.15, -0.1) is 11.3 Å². The molecule has 0 unspecified atom stereocenters. The maximum Gasteiger partial charge on any atom is 0.437 e. The Morgan fingerprint density at radius 1 is 1.30 bits per heavy atom. The smallest absolute Gasteiger partial charge is 0.363 e. The second-order valence-electron chi connectivity index (χ2n) is 6.08. The molecule has 1 fully saturated rings. The molecule has 27 heavy (non-hydrogen) atoms. The second kappa shape index (κ2) is 6.92. The number of hydrogen-bond acceptors (Lipinski definition) is 4. The minimum atomic E-state index is -5.25. The number of Topliss-reactive ketones (excluding diaryl/α,β-unsaturated/α-hetero) is 1. The van der Waals surface area contributed by atoms with Gasteiger partial charge in [-0.2, -0.15) is 13.2 Å². The predicted octanol–water partition coefficient (Wildman–Crippen LogP) is 3.96. The van der Waals surface area contributed by atoms with E-state index in [0.717, 1.165) is 18.4 Å². The van der Waals surface area contributed by atoms with E-state index in [1.807, 2.05) is 0 Å². The Labute approximate surface area is 164 Å². The normalized spacial score (nSPS) is 26.0. The number of aliphatic hydroxyl groups is 1. The van der Waals surface area contributed by atoms with Crippen molar-refractivity contribution in [2.45, 2.75) is 17.9 Å². The number of carbonyl (C=O) groups is 2. The van der Waals surface area contributed by atoms with Crippen molar-refractivity contribution in [2.75, 3.05) is 7.05 Å². The lowest BCUT2D eigenvalue weighted by Gasteiger charge is -2.49. The van der Waals surface area contributed by atoms with E-state index in [0.29, 0.717) is 4.47 Å². The number of nitrogens with zero attached hydrogens (tertiary/aromatic N) is 1. The Morgan fingerprint density at radius 2 is 1.93 bits per heavy atom. The summed E-state index contributed by atoms with van der Waals surface area (Å²) < 4.78 is 42.5. The molecule has 0 saturated carbocycles. The molecule has 1 aliphatic heterocycles. The Morgan fingerprint density at radius 3 is 2.44 bits per heavy atom. The Hall–Kier alpha value is -1.91. The third kappa shape index (κ3) is 3.26. The minimum absolute atomic E-state index is 0.0642. The molecule has 1 aromatic heterocycles. The van der Waals surface area contributed by atoms with E-state index >= 15 is 0 Å². The Balaban J connectivity index is 2.19. The van der Waals surface area contributed by atoms with E-state index in [9.17, 15) is 27.9 Å². The van der Waals surface area contributed by atoms with Crippen LogP contribution in [0.25, 0.3) is 0 Å². The molecule has 1 aromatic carbocycles. The van der Waals surface area contributed by atoms with Gasteiger partial charge in [0.15, 0.2) is 5.78 Å². The van der Waals surface area contributed by atoms with Crippen molar-refractivity contribution in [3.63, 3.8) is 0 Å². The van der Waals surface area contributed by atoms with Crippen LogP contribution in [0, 0.1) is 5.92 Å². The van der Waals surface area contributed by atoms with Crippen molar-refractivity contribution >= 4 is 39.1 Å². The third-order valence-corrected chi connectivity index (χ3v) is 5.97. The van der Waals surface area contributed by atoms with E-state index in [-0.39, 0.29) is 15.3 Å². The molecule has 0 radical (unpaired) electrons. The summed E-state index contributed by atoms with van der Waals surface area (Å²) in [4.78, 5) is 25.4. The molecule has 0 bridgehead atoms. The van der Waals surface area contributed by atoms with Gasteiger partial charge < -0.3 is 10.4 Å².